The summed E-state index contributed by atoms with van der Waals surface area (Å²) in [5, 5.41) is 9.65. The van der Waals surface area contributed by atoms with Gasteiger partial charge >= 0.3 is 0 Å². The first-order valence-electron chi connectivity index (χ1n) is 9.11. The summed E-state index contributed by atoms with van der Waals surface area (Å²) in [7, 11) is 0. The highest BCUT2D eigenvalue weighted by Crippen LogP contribution is 2.23. The van der Waals surface area contributed by atoms with Crippen molar-refractivity contribution in [2.75, 3.05) is 45.8 Å². The van der Waals surface area contributed by atoms with E-state index >= 15 is 0 Å². The Bertz CT molecular complexity index is 509. The third-order valence-electron chi connectivity index (χ3n) is 5.37. The van der Waals surface area contributed by atoms with E-state index in [-0.39, 0.29) is 0 Å². The van der Waals surface area contributed by atoms with Gasteiger partial charge in [0.2, 0.25) is 0 Å². The quantitative estimate of drug-likeness (QED) is 0.901. The second-order valence-electron chi connectivity index (χ2n) is 7.30. The highest BCUT2D eigenvalue weighted by Gasteiger charge is 2.19. The molecule has 2 heterocycles. The Labute approximate surface area is 140 Å². The van der Waals surface area contributed by atoms with Crippen molar-refractivity contribution < 1.29 is 5.11 Å². The predicted octanol–water partition coefficient (Wildman–Crippen LogP) is 2.17. The Balaban J connectivity index is 1.39. The van der Waals surface area contributed by atoms with Crippen LogP contribution in [0, 0.1) is 0 Å². The van der Waals surface area contributed by atoms with Crippen LogP contribution in [0.5, 0.6) is 5.75 Å². The molecule has 0 saturated carbocycles. The van der Waals surface area contributed by atoms with Crippen molar-refractivity contribution in [2.24, 2.45) is 0 Å². The fourth-order valence-corrected chi connectivity index (χ4v) is 3.81. The first-order chi connectivity index (χ1) is 11.1. The third kappa shape index (κ3) is 4.46. The van der Waals surface area contributed by atoms with Crippen molar-refractivity contribution in [3.05, 3.63) is 29.3 Å². The lowest BCUT2D eigenvalue weighted by molar-refractivity contribution is 0.104. The van der Waals surface area contributed by atoms with E-state index in [1.165, 1.54) is 56.8 Å². The molecule has 1 aromatic rings. The zero-order valence-corrected chi connectivity index (χ0v) is 14.7. The monoisotopic (exact) mass is 317 g/mol. The molecule has 0 bridgehead atoms. The normalized spacial score (nSPS) is 20.8. The summed E-state index contributed by atoms with van der Waals surface area (Å²) in [4.78, 5) is 7.72. The summed E-state index contributed by atoms with van der Waals surface area (Å²) in [5.41, 5.74) is 2.71. The van der Waals surface area contributed by atoms with Crippen molar-refractivity contribution >= 4 is 0 Å². The van der Waals surface area contributed by atoms with Crippen molar-refractivity contribution in [2.45, 2.75) is 39.3 Å². The molecule has 23 heavy (non-hydrogen) atoms. The minimum Gasteiger partial charge on any atom is -0.508 e. The van der Waals surface area contributed by atoms with Gasteiger partial charge in [0.05, 0.1) is 0 Å². The Kier molecular flexibility index (Phi) is 5.57. The molecule has 4 nitrogen and oxygen atoms in total. The number of aromatic hydroxyl groups is 1. The van der Waals surface area contributed by atoms with Gasteiger partial charge in [-0.25, -0.2) is 0 Å². The summed E-state index contributed by atoms with van der Waals surface area (Å²) >= 11 is 0. The van der Waals surface area contributed by atoms with E-state index in [9.17, 15) is 5.11 Å². The molecule has 128 valence electrons. The van der Waals surface area contributed by atoms with Crippen LogP contribution < -0.4 is 0 Å². The van der Waals surface area contributed by atoms with Crippen LogP contribution >= 0.6 is 0 Å². The molecule has 0 aromatic heterocycles. The Morgan fingerprint density at radius 3 is 2.43 bits per heavy atom. The van der Waals surface area contributed by atoms with Gasteiger partial charge in [-0.3, -0.25) is 9.80 Å². The molecule has 0 unspecified atom stereocenters. The van der Waals surface area contributed by atoms with E-state index in [0.29, 0.717) is 11.8 Å². The zero-order valence-electron chi connectivity index (χ0n) is 14.7. The Morgan fingerprint density at radius 1 is 0.957 bits per heavy atom. The van der Waals surface area contributed by atoms with E-state index < -0.39 is 0 Å². The lowest BCUT2D eigenvalue weighted by Gasteiger charge is -2.37. The molecule has 2 aliphatic heterocycles. The fraction of sp³-hybridized carbons (Fsp3) is 0.684. The number of piperazine rings is 1. The number of benzene rings is 1. The second-order valence-corrected chi connectivity index (χ2v) is 7.30. The number of hydrogen-bond donors (Lipinski definition) is 1. The molecule has 4 heteroatoms. The van der Waals surface area contributed by atoms with Gasteiger partial charge in [-0.2, -0.15) is 0 Å². The first kappa shape index (κ1) is 16.7. The van der Waals surface area contributed by atoms with Crippen molar-refractivity contribution in [3.63, 3.8) is 0 Å². The van der Waals surface area contributed by atoms with Crippen LogP contribution in [0.25, 0.3) is 0 Å². The average Bonchev–Trinajstić information content (AvgIpc) is 2.55. The molecule has 0 radical (unpaired) electrons. The number of phenols is 1. The summed E-state index contributed by atoms with van der Waals surface area (Å²) in [6.07, 6.45) is 2.36. The molecule has 1 saturated heterocycles. The van der Waals surface area contributed by atoms with Gasteiger partial charge in [0, 0.05) is 45.3 Å². The summed E-state index contributed by atoms with van der Waals surface area (Å²) in [6, 6.07) is 6.51. The lowest BCUT2D eigenvalue weighted by Crippen LogP contribution is -2.49. The number of hydrogen-bond acceptors (Lipinski definition) is 4. The van der Waals surface area contributed by atoms with Crippen LogP contribution in [0.2, 0.25) is 0 Å². The molecule has 1 fully saturated rings. The van der Waals surface area contributed by atoms with Crippen LogP contribution in [0.1, 0.15) is 31.4 Å². The molecule has 1 N–H and O–H groups in total. The molecule has 3 rings (SSSR count). The average molecular weight is 317 g/mol. The van der Waals surface area contributed by atoms with Gasteiger partial charge in [0.15, 0.2) is 0 Å². The molecule has 2 aliphatic rings. The van der Waals surface area contributed by atoms with Gasteiger partial charge in [-0.1, -0.05) is 6.07 Å². The van der Waals surface area contributed by atoms with Gasteiger partial charge in [0.25, 0.3) is 0 Å². The molecular weight excluding hydrogens is 286 g/mol. The van der Waals surface area contributed by atoms with Crippen LogP contribution in [0.15, 0.2) is 18.2 Å². The van der Waals surface area contributed by atoms with Gasteiger partial charge in [-0.15, -0.1) is 0 Å². The highest BCUT2D eigenvalue weighted by molar-refractivity contribution is 5.36. The fourth-order valence-electron chi connectivity index (χ4n) is 3.81. The van der Waals surface area contributed by atoms with Crippen molar-refractivity contribution in [1.82, 2.24) is 14.7 Å². The molecule has 0 amide bonds. The molecule has 0 atom stereocenters. The molecule has 0 aliphatic carbocycles. The smallest absolute Gasteiger partial charge is 0.115 e. The number of fused-ring (bicyclic) bond motifs is 1. The van der Waals surface area contributed by atoms with Crippen LogP contribution in [0.3, 0.4) is 0 Å². The van der Waals surface area contributed by atoms with Crippen molar-refractivity contribution in [3.8, 4) is 5.75 Å². The standard InChI is InChI=1S/C19H31N3O/c1-16(2)22-12-10-20(11-13-22)7-3-8-21-9-6-17-4-5-19(23)14-18(17)15-21/h4-5,14,16,23H,3,6-13,15H2,1-2H3. The number of nitrogens with zero attached hydrogens (tertiary/aromatic N) is 3. The van der Waals surface area contributed by atoms with E-state index in [0.717, 1.165) is 19.5 Å². The van der Waals surface area contributed by atoms with E-state index in [1.807, 2.05) is 12.1 Å². The summed E-state index contributed by atoms with van der Waals surface area (Å²) < 4.78 is 0. The number of rotatable bonds is 5. The Morgan fingerprint density at radius 2 is 1.70 bits per heavy atom. The molecule has 0 spiro atoms. The van der Waals surface area contributed by atoms with Crippen LogP contribution in [0.4, 0.5) is 0 Å². The largest absolute Gasteiger partial charge is 0.508 e. The predicted molar refractivity (Wildman–Crippen MR) is 94.9 cm³/mol. The minimum atomic E-state index is 0.397. The molecule has 1 aromatic carbocycles. The van der Waals surface area contributed by atoms with Gasteiger partial charge < -0.3 is 10.0 Å². The third-order valence-corrected chi connectivity index (χ3v) is 5.37. The SMILES string of the molecule is CC(C)N1CCN(CCCN2CCc3ccc(O)cc3C2)CC1. The first-order valence-corrected chi connectivity index (χ1v) is 9.11. The Hall–Kier alpha value is -1.10. The van der Waals surface area contributed by atoms with E-state index in [1.54, 1.807) is 0 Å². The van der Waals surface area contributed by atoms with Crippen LogP contribution in [-0.4, -0.2) is 71.7 Å². The maximum atomic E-state index is 9.65. The van der Waals surface area contributed by atoms with E-state index in [2.05, 4.69) is 34.6 Å². The lowest BCUT2D eigenvalue weighted by atomic mass is 9.99. The van der Waals surface area contributed by atoms with Gasteiger partial charge in [0.1, 0.15) is 5.75 Å². The highest BCUT2D eigenvalue weighted by atomic mass is 16.3. The molecular formula is C19H31N3O. The maximum Gasteiger partial charge on any atom is 0.115 e. The minimum absolute atomic E-state index is 0.397. The summed E-state index contributed by atoms with van der Waals surface area (Å²) in [6.45, 7) is 14.0. The summed E-state index contributed by atoms with van der Waals surface area (Å²) in [5.74, 6) is 0.397. The van der Waals surface area contributed by atoms with Crippen LogP contribution in [-0.2, 0) is 13.0 Å². The topological polar surface area (TPSA) is 30.0 Å². The van der Waals surface area contributed by atoms with Gasteiger partial charge in [-0.05, 0) is 63.0 Å². The maximum absolute atomic E-state index is 9.65. The number of phenolic OH excluding ortho intramolecular Hbond substituents is 1. The second kappa shape index (κ2) is 7.65. The zero-order chi connectivity index (χ0) is 16.2. The van der Waals surface area contributed by atoms with E-state index in [4.69, 9.17) is 0 Å². The van der Waals surface area contributed by atoms with Crippen molar-refractivity contribution in [1.29, 1.82) is 0 Å².